The van der Waals surface area contributed by atoms with Crippen molar-refractivity contribution in [2.75, 3.05) is 5.32 Å². The van der Waals surface area contributed by atoms with E-state index in [1.54, 1.807) is 19.9 Å². The second-order valence-corrected chi connectivity index (χ2v) is 6.05. The first-order chi connectivity index (χ1) is 9.18. The van der Waals surface area contributed by atoms with Crippen LogP contribution in [-0.2, 0) is 9.59 Å². The molecule has 0 saturated heterocycles. The second kappa shape index (κ2) is 6.35. The lowest BCUT2D eigenvalue weighted by Gasteiger charge is -2.28. The number of anilines is 1. The molecule has 0 bridgehead atoms. The number of benzene rings is 1. The van der Waals surface area contributed by atoms with Crippen molar-refractivity contribution in [3.63, 3.8) is 0 Å². The van der Waals surface area contributed by atoms with E-state index in [-0.39, 0.29) is 18.0 Å². The van der Waals surface area contributed by atoms with Crippen molar-refractivity contribution in [3.05, 3.63) is 28.5 Å². The van der Waals surface area contributed by atoms with Gasteiger partial charge < -0.3 is 10.4 Å². The number of aliphatic carboxylic acids is 1. The molecule has 0 saturated carbocycles. The van der Waals surface area contributed by atoms with Crippen molar-refractivity contribution in [2.45, 2.75) is 27.2 Å². The zero-order valence-electron chi connectivity index (χ0n) is 11.5. The van der Waals surface area contributed by atoms with Gasteiger partial charge in [-0.25, -0.2) is 4.39 Å². The third-order valence-corrected chi connectivity index (χ3v) is 4.18. The van der Waals surface area contributed by atoms with Gasteiger partial charge in [-0.1, -0.05) is 19.9 Å². The molecule has 1 atom stereocenters. The zero-order chi connectivity index (χ0) is 15.5. The standard InChI is InChI=1S/C14H17BrFNO3/c1-8(2)14(3,13(19)20)7-11(18)17-12-9(15)5-4-6-10(12)16/h4-6,8H,7H2,1-3H3,(H,17,18)(H,19,20). The highest BCUT2D eigenvalue weighted by Crippen LogP contribution is 2.32. The number of hydrogen-bond donors (Lipinski definition) is 2. The minimum atomic E-state index is -1.19. The lowest BCUT2D eigenvalue weighted by atomic mass is 9.76. The molecular weight excluding hydrogens is 329 g/mol. The molecule has 1 aromatic carbocycles. The minimum Gasteiger partial charge on any atom is -0.481 e. The Labute approximate surface area is 125 Å². The maximum atomic E-state index is 13.6. The van der Waals surface area contributed by atoms with E-state index in [9.17, 15) is 19.1 Å². The van der Waals surface area contributed by atoms with E-state index in [0.29, 0.717) is 4.47 Å². The fourth-order valence-electron chi connectivity index (χ4n) is 1.66. The van der Waals surface area contributed by atoms with Gasteiger partial charge in [0.05, 0.1) is 11.1 Å². The molecule has 0 spiro atoms. The molecule has 0 radical (unpaired) electrons. The van der Waals surface area contributed by atoms with Crippen molar-refractivity contribution in [3.8, 4) is 0 Å². The maximum absolute atomic E-state index is 13.6. The van der Waals surface area contributed by atoms with E-state index in [2.05, 4.69) is 21.2 Å². The maximum Gasteiger partial charge on any atom is 0.310 e. The van der Waals surface area contributed by atoms with E-state index in [1.165, 1.54) is 19.1 Å². The molecule has 0 heterocycles. The van der Waals surface area contributed by atoms with Gasteiger partial charge in [-0.2, -0.15) is 0 Å². The number of para-hydroxylation sites is 1. The third kappa shape index (κ3) is 3.56. The Bertz CT molecular complexity index is 513. The molecule has 1 aromatic rings. The molecule has 1 amide bonds. The fourth-order valence-corrected chi connectivity index (χ4v) is 2.10. The molecule has 0 aliphatic carbocycles. The summed E-state index contributed by atoms with van der Waals surface area (Å²) in [6, 6.07) is 4.32. The summed E-state index contributed by atoms with van der Waals surface area (Å²) in [5.41, 5.74) is -1.17. The van der Waals surface area contributed by atoms with E-state index in [1.807, 2.05) is 0 Å². The first-order valence-corrected chi connectivity index (χ1v) is 6.95. The zero-order valence-corrected chi connectivity index (χ0v) is 13.1. The number of hydrogen-bond acceptors (Lipinski definition) is 2. The predicted molar refractivity (Wildman–Crippen MR) is 77.9 cm³/mol. The SMILES string of the molecule is CC(C)C(C)(CC(=O)Nc1c(F)cccc1Br)C(=O)O. The van der Waals surface area contributed by atoms with Crippen LogP contribution in [-0.4, -0.2) is 17.0 Å². The van der Waals surface area contributed by atoms with Crippen LogP contribution in [0.2, 0.25) is 0 Å². The quantitative estimate of drug-likeness (QED) is 0.855. The fraction of sp³-hybridized carbons (Fsp3) is 0.429. The van der Waals surface area contributed by atoms with Gasteiger partial charge in [-0.15, -0.1) is 0 Å². The summed E-state index contributed by atoms with van der Waals surface area (Å²) < 4.78 is 14.0. The number of amides is 1. The molecule has 20 heavy (non-hydrogen) atoms. The van der Waals surface area contributed by atoms with E-state index in [4.69, 9.17) is 0 Å². The first kappa shape index (κ1) is 16.6. The molecular formula is C14H17BrFNO3. The summed E-state index contributed by atoms with van der Waals surface area (Å²) in [5, 5.41) is 11.7. The Morgan fingerprint density at radius 2 is 2.05 bits per heavy atom. The molecule has 0 fully saturated rings. The Morgan fingerprint density at radius 1 is 1.45 bits per heavy atom. The van der Waals surface area contributed by atoms with Crippen LogP contribution < -0.4 is 5.32 Å². The largest absolute Gasteiger partial charge is 0.481 e. The van der Waals surface area contributed by atoms with Gasteiger partial charge in [0.15, 0.2) is 0 Å². The van der Waals surface area contributed by atoms with Crippen LogP contribution in [0.5, 0.6) is 0 Å². The van der Waals surface area contributed by atoms with E-state index >= 15 is 0 Å². The highest BCUT2D eigenvalue weighted by molar-refractivity contribution is 9.10. The molecule has 2 N–H and O–H groups in total. The van der Waals surface area contributed by atoms with Crippen LogP contribution in [0.15, 0.2) is 22.7 Å². The lowest BCUT2D eigenvalue weighted by molar-refractivity contribution is -0.153. The molecule has 110 valence electrons. The first-order valence-electron chi connectivity index (χ1n) is 6.15. The van der Waals surface area contributed by atoms with Crippen LogP contribution in [0.25, 0.3) is 0 Å². The van der Waals surface area contributed by atoms with E-state index < -0.39 is 23.1 Å². The van der Waals surface area contributed by atoms with Gasteiger partial charge in [0.2, 0.25) is 5.91 Å². The average molecular weight is 346 g/mol. The summed E-state index contributed by atoms with van der Waals surface area (Å²) in [6.07, 6.45) is -0.221. The Hall–Kier alpha value is -1.43. The van der Waals surface area contributed by atoms with E-state index in [0.717, 1.165) is 0 Å². The van der Waals surface area contributed by atoms with Crippen LogP contribution in [0.3, 0.4) is 0 Å². The second-order valence-electron chi connectivity index (χ2n) is 5.20. The topological polar surface area (TPSA) is 66.4 Å². The molecule has 0 aliphatic rings. The van der Waals surface area contributed by atoms with Gasteiger partial charge >= 0.3 is 5.97 Å². The summed E-state index contributed by atoms with van der Waals surface area (Å²) in [5.74, 6) is -2.38. The molecule has 4 nitrogen and oxygen atoms in total. The smallest absolute Gasteiger partial charge is 0.310 e. The summed E-state index contributed by atoms with van der Waals surface area (Å²) in [7, 11) is 0. The molecule has 0 aromatic heterocycles. The van der Waals surface area contributed by atoms with Crippen molar-refractivity contribution in [2.24, 2.45) is 11.3 Å². The summed E-state index contributed by atoms with van der Waals surface area (Å²) in [4.78, 5) is 23.3. The Balaban J connectivity index is 2.90. The number of rotatable bonds is 5. The molecule has 0 aliphatic heterocycles. The highest BCUT2D eigenvalue weighted by atomic mass is 79.9. The Kier molecular flexibility index (Phi) is 5.28. The summed E-state index contributed by atoms with van der Waals surface area (Å²) in [6.45, 7) is 4.98. The van der Waals surface area contributed by atoms with Crippen molar-refractivity contribution in [1.29, 1.82) is 0 Å². The molecule has 1 unspecified atom stereocenters. The van der Waals surface area contributed by atoms with Crippen molar-refractivity contribution >= 4 is 33.5 Å². The minimum absolute atomic E-state index is 0.0222. The highest BCUT2D eigenvalue weighted by Gasteiger charge is 2.38. The predicted octanol–water partition coefficient (Wildman–Crippen LogP) is 3.66. The third-order valence-electron chi connectivity index (χ3n) is 3.52. The molecule has 6 heteroatoms. The normalized spacial score (nSPS) is 13.9. The number of nitrogens with one attached hydrogen (secondary N) is 1. The number of carboxylic acid groups (broad SMARTS) is 1. The van der Waals surface area contributed by atoms with Crippen LogP contribution in [0, 0.1) is 17.2 Å². The molecule has 1 rings (SSSR count). The van der Waals surface area contributed by atoms with Gasteiger partial charge in [0.25, 0.3) is 0 Å². The monoisotopic (exact) mass is 345 g/mol. The van der Waals surface area contributed by atoms with Gasteiger partial charge in [0.1, 0.15) is 5.82 Å². The number of carbonyl (C=O) groups excluding carboxylic acids is 1. The van der Waals surface area contributed by atoms with Gasteiger partial charge in [-0.3, -0.25) is 9.59 Å². The van der Waals surface area contributed by atoms with Crippen molar-refractivity contribution < 1.29 is 19.1 Å². The van der Waals surface area contributed by atoms with Gasteiger partial charge in [-0.05, 0) is 40.9 Å². The van der Waals surface area contributed by atoms with Crippen LogP contribution >= 0.6 is 15.9 Å². The Morgan fingerprint density at radius 3 is 2.50 bits per heavy atom. The lowest BCUT2D eigenvalue weighted by Crippen LogP contribution is -2.37. The number of carbonyl (C=O) groups is 2. The summed E-state index contributed by atoms with van der Waals surface area (Å²) >= 11 is 3.14. The number of carboxylic acids is 1. The van der Waals surface area contributed by atoms with Gasteiger partial charge in [0, 0.05) is 10.9 Å². The number of halogens is 2. The van der Waals surface area contributed by atoms with Crippen LogP contribution in [0.1, 0.15) is 27.2 Å². The van der Waals surface area contributed by atoms with Crippen LogP contribution in [0.4, 0.5) is 10.1 Å². The average Bonchev–Trinajstić information content (AvgIpc) is 2.33. The van der Waals surface area contributed by atoms with Crippen molar-refractivity contribution in [1.82, 2.24) is 0 Å².